The highest BCUT2D eigenvalue weighted by Crippen LogP contribution is 2.54. The molecule has 1 aromatic heterocycles. The van der Waals surface area contributed by atoms with Crippen molar-refractivity contribution in [3.8, 4) is 0 Å². The molecule has 0 bridgehead atoms. The number of anilines is 1. The standard InChI is InChI=1S/C32H34ClFN4O4S/c1-21(2)6-13-30-32(14-17-37(18-15-32)22(3)39)26-19-23(31(40)36-20-28-27(33)5-4-16-35-28)7-12-29(26)38(30)43(41,42)25-10-8-24(34)9-11-25/h4-12,16,19,30H,13-15,17-18,20H2,1-3H3,(H,36,40). The number of amides is 2. The number of allylic oxidation sites excluding steroid dienone is 1. The van der Waals surface area contributed by atoms with Crippen LogP contribution in [0.1, 0.15) is 61.6 Å². The van der Waals surface area contributed by atoms with Gasteiger partial charge in [-0.1, -0.05) is 23.3 Å². The highest BCUT2D eigenvalue weighted by molar-refractivity contribution is 7.92. The molecule has 2 amide bonds. The van der Waals surface area contributed by atoms with Gasteiger partial charge in [0.25, 0.3) is 15.9 Å². The van der Waals surface area contributed by atoms with Gasteiger partial charge >= 0.3 is 0 Å². The molecule has 0 aliphatic carbocycles. The molecule has 2 aliphatic heterocycles. The van der Waals surface area contributed by atoms with Crippen molar-refractivity contribution in [1.82, 2.24) is 15.2 Å². The molecule has 226 valence electrons. The lowest BCUT2D eigenvalue weighted by Gasteiger charge is -2.44. The second-order valence-electron chi connectivity index (χ2n) is 11.3. The second-order valence-corrected chi connectivity index (χ2v) is 13.5. The lowest BCUT2D eigenvalue weighted by atomic mass is 9.68. The minimum Gasteiger partial charge on any atom is -0.346 e. The molecule has 1 spiro atoms. The Hall–Kier alpha value is -3.76. The number of likely N-dealkylation sites (tertiary alicyclic amines) is 1. The molecule has 5 rings (SSSR count). The average molecular weight is 625 g/mol. The van der Waals surface area contributed by atoms with Crippen molar-refractivity contribution in [2.45, 2.75) is 62.9 Å². The van der Waals surface area contributed by atoms with Gasteiger partial charge in [0.1, 0.15) is 5.82 Å². The Labute approximate surface area is 256 Å². The maximum atomic E-state index is 14.3. The number of carbonyl (C=O) groups is 2. The zero-order valence-corrected chi connectivity index (χ0v) is 25.9. The lowest BCUT2D eigenvalue weighted by molar-refractivity contribution is -0.130. The third kappa shape index (κ3) is 5.90. The Morgan fingerprint density at radius 3 is 2.42 bits per heavy atom. The molecule has 0 saturated carbocycles. The first-order chi connectivity index (χ1) is 20.4. The van der Waals surface area contributed by atoms with Crippen LogP contribution in [0.2, 0.25) is 5.02 Å². The van der Waals surface area contributed by atoms with Crippen molar-refractivity contribution in [2.75, 3.05) is 17.4 Å². The normalized spacial score (nSPS) is 17.5. The summed E-state index contributed by atoms with van der Waals surface area (Å²) < 4.78 is 43.8. The van der Waals surface area contributed by atoms with E-state index in [2.05, 4.69) is 10.3 Å². The first-order valence-corrected chi connectivity index (χ1v) is 16.0. The van der Waals surface area contributed by atoms with Crippen LogP contribution < -0.4 is 9.62 Å². The molecule has 0 radical (unpaired) electrons. The molecule has 1 N–H and O–H groups in total. The largest absolute Gasteiger partial charge is 0.346 e. The van der Waals surface area contributed by atoms with Crippen LogP contribution in [0.25, 0.3) is 0 Å². The molecule has 1 saturated heterocycles. The summed E-state index contributed by atoms with van der Waals surface area (Å²) in [6, 6.07) is 12.8. The van der Waals surface area contributed by atoms with E-state index in [0.29, 0.717) is 54.3 Å². The van der Waals surface area contributed by atoms with E-state index < -0.39 is 27.3 Å². The molecule has 2 aliphatic rings. The van der Waals surface area contributed by atoms with E-state index in [4.69, 9.17) is 11.6 Å². The number of hydrogen-bond donors (Lipinski definition) is 1. The van der Waals surface area contributed by atoms with Crippen molar-refractivity contribution < 1.29 is 22.4 Å². The summed E-state index contributed by atoms with van der Waals surface area (Å²) in [5, 5.41) is 3.31. The topological polar surface area (TPSA) is 99.7 Å². The van der Waals surface area contributed by atoms with Crippen LogP contribution in [0.15, 0.2) is 77.3 Å². The van der Waals surface area contributed by atoms with Gasteiger partial charge in [0.05, 0.1) is 33.9 Å². The van der Waals surface area contributed by atoms with Crippen LogP contribution in [0.3, 0.4) is 0 Å². The molecule has 3 heterocycles. The van der Waals surface area contributed by atoms with Gasteiger partial charge < -0.3 is 10.2 Å². The molecular formula is C32H34ClFN4O4S. The summed E-state index contributed by atoms with van der Waals surface area (Å²) in [6.45, 7) is 6.49. The van der Waals surface area contributed by atoms with Gasteiger partial charge in [0.15, 0.2) is 0 Å². The van der Waals surface area contributed by atoms with Gasteiger partial charge in [-0.15, -0.1) is 0 Å². The molecular weight excluding hydrogens is 591 g/mol. The van der Waals surface area contributed by atoms with E-state index in [9.17, 15) is 22.4 Å². The maximum Gasteiger partial charge on any atom is 0.264 e. The summed E-state index contributed by atoms with van der Waals surface area (Å²) in [5.74, 6) is -0.912. The number of hydrogen-bond acceptors (Lipinski definition) is 5. The average Bonchev–Trinajstić information content (AvgIpc) is 3.24. The molecule has 43 heavy (non-hydrogen) atoms. The number of benzene rings is 2. The third-order valence-corrected chi connectivity index (χ3v) is 10.6. The van der Waals surface area contributed by atoms with Gasteiger partial charge in [-0.3, -0.25) is 18.9 Å². The number of piperidine rings is 1. The van der Waals surface area contributed by atoms with Crippen LogP contribution in [-0.4, -0.2) is 49.2 Å². The fourth-order valence-corrected chi connectivity index (χ4v) is 8.10. The Morgan fingerprint density at radius 1 is 1.09 bits per heavy atom. The quantitative estimate of drug-likeness (QED) is 0.344. The number of carbonyl (C=O) groups excluding carboxylic acids is 2. The number of nitrogens with zero attached hydrogens (tertiary/aromatic N) is 3. The van der Waals surface area contributed by atoms with Crippen molar-refractivity contribution in [3.05, 3.63) is 100 Å². The number of sulfonamides is 1. The van der Waals surface area contributed by atoms with Crippen LogP contribution in [0.4, 0.5) is 10.1 Å². The van der Waals surface area contributed by atoms with Crippen LogP contribution in [0, 0.1) is 5.82 Å². The van der Waals surface area contributed by atoms with E-state index in [-0.39, 0.29) is 23.3 Å². The first-order valence-electron chi connectivity index (χ1n) is 14.1. The Bertz CT molecular complexity index is 1680. The SMILES string of the molecule is CC(=O)N1CCC2(CC1)c1cc(C(=O)NCc3ncccc3Cl)ccc1N(S(=O)(=O)c1ccc(F)cc1)C2CC=C(C)C. The van der Waals surface area contributed by atoms with Gasteiger partial charge in [0.2, 0.25) is 5.91 Å². The maximum absolute atomic E-state index is 14.3. The smallest absolute Gasteiger partial charge is 0.264 e. The summed E-state index contributed by atoms with van der Waals surface area (Å²) in [7, 11) is -4.12. The Balaban J connectivity index is 1.61. The first kappa shape index (κ1) is 30.7. The highest BCUT2D eigenvalue weighted by Gasteiger charge is 2.55. The monoisotopic (exact) mass is 624 g/mol. The van der Waals surface area contributed by atoms with E-state index in [1.165, 1.54) is 23.4 Å². The van der Waals surface area contributed by atoms with Crippen molar-refractivity contribution in [1.29, 1.82) is 0 Å². The van der Waals surface area contributed by atoms with E-state index in [1.807, 2.05) is 19.9 Å². The lowest BCUT2D eigenvalue weighted by Crippen LogP contribution is -2.53. The summed E-state index contributed by atoms with van der Waals surface area (Å²) >= 11 is 6.22. The Morgan fingerprint density at radius 2 is 1.79 bits per heavy atom. The summed E-state index contributed by atoms with van der Waals surface area (Å²) in [6.07, 6.45) is 5.09. The van der Waals surface area contributed by atoms with Crippen molar-refractivity contribution >= 4 is 39.1 Å². The number of pyridine rings is 1. The third-order valence-electron chi connectivity index (χ3n) is 8.43. The van der Waals surface area contributed by atoms with E-state index >= 15 is 0 Å². The molecule has 2 aromatic carbocycles. The molecule has 1 unspecified atom stereocenters. The van der Waals surface area contributed by atoms with Gasteiger partial charge in [-0.2, -0.15) is 0 Å². The fraction of sp³-hybridized carbons (Fsp3) is 0.344. The van der Waals surface area contributed by atoms with Crippen molar-refractivity contribution in [3.63, 3.8) is 0 Å². The van der Waals surface area contributed by atoms with Gasteiger partial charge in [0, 0.05) is 37.2 Å². The van der Waals surface area contributed by atoms with Crippen molar-refractivity contribution in [2.24, 2.45) is 0 Å². The molecule has 11 heteroatoms. The number of rotatable bonds is 7. The predicted octanol–water partition coefficient (Wildman–Crippen LogP) is 5.62. The van der Waals surface area contributed by atoms with E-state index in [0.717, 1.165) is 23.3 Å². The van der Waals surface area contributed by atoms with E-state index in [1.54, 1.807) is 41.4 Å². The van der Waals surface area contributed by atoms with Gasteiger partial charge in [-0.05, 0) is 93.3 Å². The summed E-state index contributed by atoms with van der Waals surface area (Å²) in [4.78, 5) is 31.6. The molecule has 8 nitrogen and oxygen atoms in total. The minimum atomic E-state index is -4.12. The van der Waals surface area contributed by atoms with Crippen LogP contribution >= 0.6 is 11.6 Å². The van der Waals surface area contributed by atoms with Gasteiger partial charge in [-0.25, -0.2) is 12.8 Å². The number of fused-ring (bicyclic) bond motifs is 2. The zero-order chi connectivity index (χ0) is 30.9. The number of aromatic nitrogens is 1. The molecule has 1 fully saturated rings. The summed E-state index contributed by atoms with van der Waals surface area (Å²) in [5.41, 5.74) is 2.51. The zero-order valence-electron chi connectivity index (χ0n) is 24.3. The second kappa shape index (κ2) is 12.1. The highest BCUT2D eigenvalue weighted by atomic mass is 35.5. The molecule has 1 atom stereocenters. The predicted molar refractivity (Wildman–Crippen MR) is 164 cm³/mol. The molecule has 3 aromatic rings. The van der Waals surface area contributed by atoms with Crippen LogP contribution in [0.5, 0.6) is 0 Å². The fourth-order valence-electron chi connectivity index (χ4n) is 6.16. The minimum absolute atomic E-state index is 0.0191. The number of nitrogens with one attached hydrogen (secondary N) is 1. The number of halogens is 2. The Kier molecular flexibility index (Phi) is 8.63. The van der Waals surface area contributed by atoms with Crippen LogP contribution in [-0.2, 0) is 26.8 Å².